The van der Waals surface area contributed by atoms with E-state index in [1.54, 1.807) is 11.6 Å². The fourth-order valence-corrected chi connectivity index (χ4v) is 3.97. The lowest BCUT2D eigenvalue weighted by molar-refractivity contribution is -0.116. The van der Waals surface area contributed by atoms with Gasteiger partial charge in [-0.2, -0.15) is 0 Å². The summed E-state index contributed by atoms with van der Waals surface area (Å²) in [7, 11) is 3.20. The fraction of sp³-hybridized carbons (Fsp3) is 0.208. The third-order valence-electron chi connectivity index (χ3n) is 5.58. The van der Waals surface area contributed by atoms with Crippen LogP contribution in [0.15, 0.2) is 64.3 Å². The molecule has 0 saturated heterocycles. The molecule has 1 N–H and O–H groups in total. The Morgan fingerprint density at radius 3 is 2.19 bits per heavy atom. The molecule has 0 spiro atoms. The minimum absolute atomic E-state index is 0.207. The number of hydrogen-bond acceptors (Lipinski definition) is 3. The lowest BCUT2D eigenvalue weighted by Gasteiger charge is -2.14. The first-order chi connectivity index (χ1) is 14.8. The molecule has 2 heterocycles. The Balaban J connectivity index is 1.88. The van der Waals surface area contributed by atoms with Crippen LogP contribution in [0.2, 0.25) is 0 Å². The lowest BCUT2D eigenvalue weighted by atomic mass is 10.1. The van der Waals surface area contributed by atoms with Crippen LogP contribution in [-0.2, 0) is 25.4 Å². The first kappa shape index (κ1) is 20.4. The van der Waals surface area contributed by atoms with E-state index < -0.39 is 11.2 Å². The smallest absolute Gasteiger partial charge is 0.331 e. The number of rotatable bonds is 4. The summed E-state index contributed by atoms with van der Waals surface area (Å²) in [5, 5.41) is 2.93. The summed E-state index contributed by atoms with van der Waals surface area (Å²) in [6.07, 6.45) is 1.82. The Morgan fingerprint density at radius 2 is 1.55 bits per heavy atom. The van der Waals surface area contributed by atoms with Gasteiger partial charge in [-0.05, 0) is 30.5 Å². The number of anilines is 1. The maximum Gasteiger partial charge on any atom is 0.331 e. The van der Waals surface area contributed by atoms with Crippen molar-refractivity contribution in [2.45, 2.75) is 20.4 Å². The first-order valence-corrected chi connectivity index (χ1v) is 10.00. The normalized spacial score (nSPS) is 11.1. The zero-order valence-electron chi connectivity index (χ0n) is 18.0. The van der Waals surface area contributed by atoms with Crippen LogP contribution < -0.4 is 16.6 Å². The number of fused-ring (bicyclic) bond motifs is 1. The van der Waals surface area contributed by atoms with Gasteiger partial charge in [-0.1, -0.05) is 48.5 Å². The molecule has 2 aromatic carbocycles. The number of nitrogens with one attached hydrogen (secondary N) is 1. The second-order valence-corrected chi connectivity index (χ2v) is 7.76. The average molecular weight is 416 g/mol. The minimum Gasteiger partial charge on any atom is -0.344 e. The predicted octanol–water partition coefficient (Wildman–Crippen LogP) is 2.96. The van der Waals surface area contributed by atoms with Gasteiger partial charge in [0.1, 0.15) is 12.1 Å². The van der Waals surface area contributed by atoms with Crippen molar-refractivity contribution in [3.05, 3.63) is 86.7 Å². The molecule has 31 heavy (non-hydrogen) atoms. The molecule has 0 unspecified atom stereocenters. The SMILES string of the molecule is Cc1cccc(C)c1NC(=O)Cn1c(=O)n(C)c(=O)c2c1c(-c1ccccc1)cn2C. The number of hydrogen-bond donors (Lipinski definition) is 1. The van der Waals surface area contributed by atoms with E-state index in [2.05, 4.69) is 5.32 Å². The van der Waals surface area contributed by atoms with Crippen molar-refractivity contribution in [2.24, 2.45) is 14.1 Å². The Morgan fingerprint density at radius 1 is 0.903 bits per heavy atom. The molecule has 2 aromatic heterocycles. The number of aromatic nitrogens is 3. The van der Waals surface area contributed by atoms with Crippen molar-refractivity contribution < 1.29 is 4.79 Å². The van der Waals surface area contributed by atoms with Crippen LogP contribution in [0.4, 0.5) is 5.69 Å². The van der Waals surface area contributed by atoms with E-state index in [0.717, 1.165) is 32.5 Å². The highest BCUT2D eigenvalue weighted by Gasteiger charge is 2.21. The van der Waals surface area contributed by atoms with E-state index >= 15 is 0 Å². The minimum atomic E-state index is -0.530. The highest BCUT2D eigenvalue weighted by atomic mass is 16.2. The average Bonchev–Trinajstić information content (AvgIpc) is 3.10. The monoisotopic (exact) mass is 416 g/mol. The second-order valence-electron chi connectivity index (χ2n) is 7.76. The highest BCUT2D eigenvalue weighted by Crippen LogP contribution is 2.28. The van der Waals surface area contributed by atoms with Crippen LogP contribution in [-0.4, -0.2) is 19.6 Å². The number of nitrogens with zero attached hydrogens (tertiary/aromatic N) is 3. The molecule has 0 aliphatic heterocycles. The number of carbonyl (C=O) groups is 1. The standard InChI is InChI=1S/C24H24N4O3/c1-15-9-8-10-16(2)20(15)25-19(29)14-28-21-18(17-11-6-5-7-12-17)13-26(3)22(21)23(30)27(4)24(28)31/h5-13H,14H2,1-4H3,(H,25,29). The molecule has 0 bridgehead atoms. The highest BCUT2D eigenvalue weighted by molar-refractivity contribution is 5.96. The van der Waals surface area contributed by atoms with Gasteiger partial charge in [0, 0.05) is 31.5 Å². The van der Waals surface area contributed by atoms with Crippen molar-refractivity contribution in [3.63, 3.8) is 0 Å². The summed E-state index contributed by atoms with van der Waals surface area (Å²) in [5.41, 5.74) is 4.12. The Bertz CT molecular complexity index is 1410. The quantitative estimate of drug-likeness (QED) is 0.556. The predicted molar refractivity (Wildman–Crippen MR) is 122 cm³/mol. The zero-order valence-corrected chi connectivity index (χ0v) is 18.0. The van der Waals surface area contributed by atoms with Crippen LogP contribution in [0.5, 0.6) is 0 Å². The van der Waals surface area contributed by atoms with Crippen LogP contribution >= 0.6 is 0 Å². The van der Waals surface area contributed by atoms with E-state index in [-0.39, 0.29) is 12.5 Å². The van der Waals surface area contributed by atoms with Gasteiger partial charge in [0.15, 0.2) is 0 Å². The number of amides is 1. The Kier molecular flexibility index (Phi) is 5.10. The second kappa shape index (κ2) is 7.75. The summed E-state index contributed by atoms with van der Waals surface area (Å²) in [4.78, 5) is 38.9. The molecular weight excluding hydrogens is 392 g/mol. The van der Waals surface area contributed by atoms with E-state index in [1.807, 2.05) is 68.6 Å². The number of benzene rings is 2. The molecule has 158 valence electrons. The van der Waals surface area contributed by atoms with Crippen LogP contribution in [0.25, 0.3) is 22.2 Å². The van der Waals surface area contributed by atoms with Gasteiger partial charge in [-0.15, -0.1) is 0 Å². The lowest BCUT2D eigenvalue weighted by Crippen LogP contribution is -2.40. The van der Waals surface area contributed by atoms with E-state index in [4.69, 9.17) is 0 Å². The van der Waals surface area contributed by atoms with Gasteiger partial charge in [-0.25, -0.2) is 4.79 Å². The molecule has 7 heteroatoms. The summed E-state index contributed by atoms with van der Waals surface area (Å²) < 4.78 is 4.13. The van der Waals surface area contributed by atoms with Crippen molar-refractivity contribution >= 4 is 22.6 Å². The van der Waals surface area contributed by atoms with Gasteiger partial charge in [0.2, 0.25) is 5.91 Å². The molecule has 0 aliphatic carbocycles. The van der Waals surface area contributed by atoms with E-state index in [1.165, 1.54) is 11.6 Å². The van der Waals surface area contributed by atoms with Crippen molar-refractivity contribution in [3.8, 4) is 11.1 Å². The van der Waals surface area contributed by atoms with Crippen LogP contribution in [0, 0.1) is 13.8 Å². The van der Waals surface area contributed by atoms with Crippen molar-refractivity contribution in [1.29, 1.82) is 0 Å². The molecule has 1 amide bonds. The summed E-state index contributed by atoms with van der Waals surface area (Å²) in [6, 6.07) is 15.3. The van der Waals surface area contributed by atoms with Crippen molar-refractivity contribution in [1.82, 2.24) is 13.7 Å². The summed E-state index contributed by atoms with van der Waals surface area (Å²) in [6.45, 7) is 3.63. The summed E-state index contributed by atoms with van der Waals surface area (Å²) in [5.74, 6) is -0.331. The topological polar surface area (TPSA) is 78.0 Å². The van der Waals surface area contributed by atoms with Crippen molar-refractivity contribution in [2.75, 3.05) is 5.32 Å². The van der Waals surface area contributed by atoms with Gasteiger partial charge in [0.05, 0.1) is 5.52 Å². The number of aryl methyl sites for hydroxylation is 3. The zero-order chi connectivity index (χ0) is 22.3. The van der Waals surface area contributed by atoms with Gasteiger partial charge in [0.25, 0.3) is 5.56 Å². The third-order valence-corrected chi connectivity index (χ3v) is 5.58. The number of carbonyl (C=O) groups excluding carboxylic acids is 1. The molecule has 0 aliphatic rings. The fourth-order valence-electron chi connectivity index (χ4n) is 3.97. The van der Waals surface area contributed by atoms with E-state index in [9.17, 15) is 14.4 Å². The largest absolute Gasteiger partial charge is 0.344 e. The van der Waals surface area contributed by atoms with Gasteiger partial charge in [-0.3, -0.25) is 18.7 Å². The molecule has 4 rings (SSSR count). The molecule has 0 atom stereocenters. The Labute approximate surface area is 179 Å². The molecule has 7 nitrogen and oxygen atoms in total. The molecular formula is C24H24N4O3. The third kappa shape index (κ3) is 3.48. The molecule has 0 fully saturated rings. The molecule has 4 aromatic rings. The Hall–Kier alpha value is -3.87. The van der Waals surface area contributed by atoms with Crippen LogP contribution in [0.1, 0.15) is 11.1 Å². The van der Waals surface area contributed by atoms with E-state index in [0.29, 0.717) is 11.0 Å². The number of para-hydroxylation sites is 1. The first-order valence-electron chi connectivity index (χ1n) is 10.00. The molecule has 0 radical (unpaired) electrons. The maximum absolute atomic E-state index is 13.1. The van der Waals surface area contributed by atoms with Crippen LogP contribution in [0.3, 0.4) is 0 Å². The van der Waals surface area contributed by atoms with Gasteiger partial charge >= 0.3 is 5.69 Å². The summed E-state index contributed by atoms with van der Waals surface area (Å²) >= 11 is 0. The maximum atomic E-state index is 13.1. The van der Waals surface area contributed by atoms with Gasteiger partial charge < -0.3 is 9.88 Å². The molecule has 0 saturated carbocycles.